The Kier molecular flexibility index (Phi) is 5.22. The van der Waals surface area contributed by atoms with E-state index in [9.17, 15) is 4.39 Å². The van der Waals surface area contributed by atoms with Crippen LogP contribution < -0.4 is 10.2 Å². The Hall–Kier alpha value is -1.13. The Balaban J connectivity index is 2.05. The van der Waals surface area contributed by atoms with Gasteiger partial charge in [-0.2, -0.15) is 0 Å². The molecule has 1 fully saturated rings. The number of rotatable bonds is 4. The number of benzene rings is 1. The van der Waals surface area contributed by atoms with Crippen LogP contribution in [0.4, 0.5) is 10.1 Å². The third-order valence-corrected chi connectivity index (χ3v) is 3.77. The van der Waals surface area contributed by atoms with E-state index < -0.39 is 0 Å². The van der Waals surface area contributed by atoms with Gasteiger partial charge in [-0.05, 0) is 44.9 Å². The van der Waals surface area contributed by atoms with Crippen LogP contribution in [0.25, 0.3) is 0 Å². The summed E-state index contributed by atoms with van der Waals surface area (Å²) in [4.78, 5) is 2.09. The van der Waals surface area contributed by atoms with Crippen LogP contribution in [0.1, 0.15) is 39.7 Å². The average molecular weight is 294 g/mol. The summed E-state index contributed by atoms with van der Waals surface area (Å²) in [5.41, 5.74) is 1.70. The van der Waals surface area contributed by atoms with E-state index in [4.69, 9.17) is 4.74 Å². The van der Waals surface area contributed by atoms with Crippen LogP contribution in [0, 0.1) is 5.82 Å². The Bertz CT molecular complexity index is 470. The zero-order chi connectivity index (χ0) is 15.5. The highest BCUT2D eigenvalue weighted by Crippen LogP contribution is 2.23. The van der Waals surface area contributed by atoms with Gasteiger partial charge in [0.1, 0.15) is 5.82 Å². The van der Waals surface area contributed by atoms with Gasteiger partial charge in [0.05, 0.1) is 18.4 Å². The lowest BCUT2D eigenvalue weighted by atomic mass is 10.1. The van der Waals surface area contributed by atoms with Crippen molar-refractivity contribution in [3.05, 3.63) is 29.6 Å². The van der Waals surface area contributed by atoms with Crippen molar-refractivity contribution in [3.63, 3.8) is 0 Å². The molecule has 21 heavy (non-hydrogen) atoms. The van der Waals surface area contributed by atoms with E-state index >= 15 is 0 Å². The van der Waals surface area contributed by atoms with Crippen molar-refractivity contribution in [2.24, 2.45) is 0 Å². The summed E-state index contributed by atoms with van der Waals surface area (Å²) in [6.45, 7) is 11.3. The van der Waals surface area contributed by atoms with Gasteiger partial charge in [-0.15, -0.1) is 0 Å². The molecule has 0 aromatic heterocycles. The molecular formula is C17H27FN2O. The molecule has 1 aromatic rings. The monoisotopic (exact) mass is 294 g/mol. The van der Waals surface area contributed by atoms with E-state index in [1.807, 2.05) is 12.1 Å². The Labute approximate surface area is 127 Å². The number of nitrogens with zero attached hydrogens (tertiary/aromatic N) is 1. The molecular weight excluding hydrogens is 267 g/mol. The van der Waals surface area contributed by atoms with Crippen LogP contribution in [0.5, 0.6) is 0 Å². The average Bonchev–Trinajstić information content (AvgIpc) is 2.44. The number of morpholine rings is 1. The van der Waals surface area contributed by atoms with Crippen molar-refractivity contribution >= 4 is 5.69 Å². The normalized spacial score (nSPS) is 19.9. The van der Waals surface area contributed by atoms with Crippen molar-refractivity contribution in [3.8, 4) is 0 Å². The number of hydrogen-bond donors (Lipinski definition) is 1. The number of nitrogens with one attached hydrogen (secondary N) is 1. The topological polar surface area (TPSA) is 24.5 Å². The second-order valence-electron chi connectivity index (χ2n) is 6.74. The van der Waals surface area contributed by atoms with Gasteiger partial charge < -0.3 is 15.0 Å². The molecule has 1 saturated heterocycles. The molecule has 1 unspecified atom stereocenters. The van der Waals surface area contributed by atoms with Crippen molar-refractivity contribution in [1.29, 1.82) is 0 Å². The molecule has 1 aliphatic heterocycles. The fourth-order valence-electron chi connectivity index (χ4n) is 2.47. The molecule has 118 valence electrons. The molecule has 1 aromatic carbocycles. The summed E-state index contributed by atoms with van der Waals surface area (Å²) in [5.74, 6) is -0.139. The zero-order valence-corrected chi connectivity index (χ0v) is 13.6. The lowest BCUT2D eigenvalue weighted by Crippen LogP contribution is -2.42. The third-order valence-electron chi connectivity index (χ3n) is 3.77. The van der Waals surface area contributed by atoms with Gasteiger partial charge in [-0.3, -0.25) is 0 Å². The van der Waals surface area contributed by atoms with Crippen LogP contribution >= 0.6 is 0 Å². The first-order valence-corrected chi connectivity index (χ1v) is 7.79. The number of halogens is 1. The quantitative estimate of drug-likeness (QED) is 0.922. The fourth-order valence-corrected chi connectivity index (χ4v) is 2.47. The maximum Gasteiger partial charge on any atom is 0.146 e. The van der Waals surface area contributed by atoms with E-state index in [1.165, 1.54) is 0 Å². The summed E-state index contributed by atoms with van der Waals surface area (Å²) in [7, 11) is 0. The maximum atomic E-state index is 14.4. The largest absolute Gasteiger partial charge is 0.375 e. The predicted molar refractivity (Wildman–Crippen MR) is 85.2 cm³/mol. The lowest BCUT2D eigenvalue weighted by molar-refractivity contribution is 0.0382. The van der Waals surface area contributed by atoms with Crippen molar-refractivity contribution in [2.75, 3.05) is 24.6 Å². The first-order chi connectivity index (χ1) is 9.89. The molecule has 0 aliphatic carbocycles. The first kappa shape index (κ1) is 16.2. The molecule has 1 atom stereocenters. The van der Waals surface area contributed by atoms with Crippen LogP contribution in [0.3, 0.4) is 0 Å². The summed E-state index contributed by atoms with van der Waals surface area (Å²) in [6, 6.07) is 5.55. The molecule has 2 rings (SSSR count). The minimum Gasteiger partial charge on any atom is -0.375 e. The molecule has 0 amide bonds. The van der Waals surface area contributed by atoms with E-state index in [0.29, 0.717) is 18.8 Å². The highest BCUT2D eigenvalue weighted by Gasteiger charge is 2.21. The molecule has 0 radical (unpaired) electrons. The number of anilines is 1. The summed E-state index contributed by atoms with van der Waals surface area (Å²) < 4.78 is 20.0. The third kappa shape index (κ3) is 4.68. The minimum atomic E-state index is -0.139. The minimum absolute atomic E-state index is 0.0354. The fraction of sp³-hybridized carbons (Fsp3) is 0.647. The molecule has 0 spiro atoms. The highest BCUT2D eigenvalue weighted by molar-refractivity contribution is 5.49. The molecule has 4 heteroatoms. The van der Waals surface area contributed by atoms with E-state index in [-0.39, 0.29) is 17.5 Å². The zero-order valence-electron chi connectivity index (χ0n) is 13.6. The molecule has 3 nitrogen and oxygen atoms in total. The van der Waals surface area contributed by atoms with Gasteiger partial charge in [0, 0.05) is 25.2 Å². The molecule has 0 saturated carbocycles. The Morgan fingerprint density at radius 3 is 2.76 bits per heavy atom. The van der Waals surface area contributed by atoms with Crippen LogP contribution in [0.15, 0.2) is 18.2 Å². The van der Waals surface area contributed by atoms with Gasteiger partial charge in [0.15, 0.2) is 0 Å². The van der Waals surface area contributed by atoms with E-state index in [1.54, 1.807) is 6.07 Å². The Morgan fingerprint density at radius 1 is 1.38 bits per heavy atom. The standard InChI is InChI=1S/C17H27FN2O/c1-5-14-12-20(8-9-21-14)16-7-6-13(10-15(16)18)11-19-17(2,3)4/h6-7,10,14,19H,5,8-9,11-12H2,1-4H3. The first-order valence-electron chi connectivity index (χ1n) is 7.79. The van der Waals surface area contributed by atoms with E-state index in [2.05, 4.69) is 37.9 Å². The summed E-state index contributed by atoms with van der Waals surface area (Å²) in [5, 5.41) is 3.38. The second kappa shape index (κ2) is 6.75. The van der Waals surface area contributed by atoms with Crippen molar-refractivity contribution in [2.45, 2.75) is 52.3 Å². The van der Waals surface area contributed by atoms with E-state index in [0.717, 1.165) is 25.1 Å². The van der Waals surface area contributed by atoms with Crippen molar-refractivity contribution < 1.29 is 9.13 Å². The van der Waals surface area contributed by atoms with Gasteiger partial charge in [-0.1, -0.05) is 13.0 Å². The van der Waals surface area contributed by atoms with Gasteiger partial charge >= 0.3 is 0 Å². The second-order valence-corrected chi connectivity index (χ2v) is 6.74. The Morgan fingerprint density at radius 2 is 2.14 bits per heavy atom. The number of ether oxygens (including phenoxy) is 1. The van der Waals surface area contributed by atoms with Crippen LogP contribution in [-0.4, -0.2) is 31.3 Å². The van der Waals surface area contributed by atoms with Gasteiger partial charge in [0.2, 0.25) is 0 Å². The highest BCUT2D eigenvalue weighted by atomic mass is 19.1. The molecule has 1 aliphatic rings. The van der Waals surface area contributed by atoms with Crippen LogP contribution in [-0.2, 0) is 11.3 Å². The predicted octanol–water partition coefficient (Wildman–Crippen LogP) is 3.33. The summed E-state index contributed by atoms with van der Waals surface area (Å²) in [6.07, 6.45) is 1.17. The number of hydrogen-bond acceptors (Lipinski definition) is 3. The van der Waals surface area contributed by atoms with Gasteiger partial charge in [0.25, 0.3) is 0 Å². The van der Waals surface area contributed by atoms with Crippen molar-refractivity contribution in [1.82, 2.24) is 5.32 Å². The summed E-state index contributed by atoms with van der Waals surface area (Å²) >= 11 is 0. The SMILES string of the molecule is CCC1CN(c2ccc(CNC(C)(C)C)cc2F)CCO1. The smallest absolute Gasteiger partial charge is 0.146 e. The molecule has 0 bridgehead atoms. The van der Waals surface area contributed by atoms with Crippen LogP contribution in [0.2, 0.25) is 0 Å². The lowest BCUT2D eigenvalue weighted by Gasteiger charge is -2.34. The maximum absolute atomic E-state index is 14.4. The van der Waals surface area contributed by atoms with Gasteiger partial charge in [-0.25, -0.2) is 4.39 Å². The molecule has 1 N–H and O–H groups in total. The molecule has 1 heterocycles.